The highest BCUT2D eigenvalue weighted by atomic mass is 28.4. The van der Waals surface area contributed by atoms with E-state index < -0.39 is 31.6 Å². The van der Waals surface area contributed by atoms with Crippen LogP contribution in [0.5, 0.6) is 0 Å². The van der Waals surface area contributed by atoms with E-state index in [2.05, 4.69) is 10.6 Å². The van der Waals surface area contributed by atoms with Crippen LogP contribution in [0.4, 0.5) is 32.5 Å². The van der Waals surface area contributed by atoms with Crippen molar-refractivity contribution in [3.8, 4) is 0 Å². The predicted molar refractivity (Wildman–Crippen MR) is 191 cm³/mol. The summed E-state index contributed by atoms with van der Waals surface area (Å²) in [6.45, 7) is 4.97. The number of rotatable bonds is 9. The number of nitrogen functional groups attached to an aromatic ring is 2. The molecule has 0 unspecified atom stereocenters. The van der Waals surface area contributed by atoms with Crippen LogP contribution in [-0.2, 0) is 21.7 Å². The third-order valence-corrected chi connectivity index (χ3v) is 12.0. The summed E-state index contributed by atoms with van der Waals surface area (Å²) >= 11 is 0. The molecule has 0 aromatic heterocycles. The first-order valence-electron chi connectivity index (χ1n) is 16.2. The van der Waals surface area contributed by atoms with Gasteiger partial charge in [-0.05, 0) is 104 Å². The summed E-state index contributed by atoms with van der Waals surface area (Å²) in [4.78, 5) is 42.4. The fourth-order valence-corrected chi connectivity index (χ4v) is 9.83. The largest absolute Gasteiger partial charge is 0.399 e. The molecule has 7 N–H and O–H groups in total. The van der Waals surface area contributed by atoms with Gasteiger partial charge in [-0.3, -0.25) is 14.4 Å². The van der Waals surface area contributed by atoms with Crippen molar-refractivity contribution in [1.29, 1.82) is 0 Å². The Balaban J connectivity index is 1.36. The number of anilines is 5. The molecule has 0 aliphatic carbocycles. The van der Waals surface area contributed by atoms with Crippen LogP contribution in [0.2, 0.25) is 18.6 Å². The predicted octanol–water partition coefficient (Wildman–Crippen LogP) is 6.06. The molecule has 0 radical (unpaired) electrons. The normalized spacial score (nSPS) is 21.5. The zero-order valence-corrected chi connectivity index (χ0v) is 28.6. The number of amides is 3. The van der Waals surface area contributed by atoms with E-state index in [0.717, 1.165) is 5.56 Å². The van der Waals surface area contributed by atoms with Gasteiger partial charge in [-0.15, -0.1) is 0 Å². The van der Waals surface area contributed by atoms with E-state index in [4.69, 9.17) is 16.2 Å². The standard InChI is InChI=1S/C37H40FN5O5Si/c1-22-33(49(2,3)38)32(17-18-44)48-37(22)30-20-29(42-35(46)25-9-13-27(40)14-10-25)15-16-31(30)43(36(37)47)21-23-5-4-6-28(19-23)41-34(45)24-7-11-26(39)12-8-24/h4-16,19-20,22,32-33,44H,17-18,21,39-40H2,1-3H3,(H,41,45)(H,42,46)/t22-,32+,33-,37+/m1/s1. The van der Waals surface area contributed by atoms with Crippen LogP contribution in [0, 0.1) is 5.92 Å². The number of nitrogens with one attached hydrogen (secondary N) is 2. The van der Waals surface area contributed by atoms with Crippen molar-refractivity contribution in [3.05, 3.63) is 113 Å². The molecule has 2 aliphatic rings. The van der Waals surface area contributed by atoms with E-state index in [-0.39, 0.29) is 37.3 Å². The number of benzene rings is 4. The molecule has 0 saturated carbocycles. The smallest absolute Gasteiger partial charge is 0.264 e. The maximum atomic E-state index is 16.0. The van der Waals surface area contributed by atoms with Gasteiger partial charge in [0, 0.05) is 57.5 Å². The minimum absolute atomic E-state index is 0.137. The molecular weight excluding hydrogens is 642 g/mol. The molecule has 10 nitrogen and oxygen atoms in total. The summed E-state index contributed by atoms with van der Waals surface area (Å²) in [5.74, 6) is -1.58. The van der Waals surface area contributed by atoms with E-state index in [1.165, 1.54) is 0 Å². The number of aliphatic hydroxyl groups is 1. The number of hydrogen-bond acceptors (Lipinski definition) is 7. The number of nitrogens with zero attached hydrogens (tertiary/aromatic N) is 1. The lowest BCUT2D eigenvalue weighted by Gasteiger charge is -2.31. The highest BCUT2D eigenvalue weighted by Crippen LogP contribution is 2.60. The van der Waals surface area contributed by atoms with Gasteiger partial charge < -0.3 is 41.0 Å². The molecule has 6 rings (SSSR count). The second kappa shape index (κ2) is 13.1. The molecule has 3 amide bonds. The molecule has 0 bridgehead atoms. The zero-order valence-electron chi connectivity index (χ0n) is 27.6. The lowest BCUT2D eigenvalue weighted by atomic mass is 9.82. The second-order valence-electron chi connectivity index (χ2n) is 13.3. The van der Waals surface area contributed by atoms with E-state index in [1.807, 2.05) is 13.0 Å². The minimum atomic E-state index is -3.41. The number of halogens is 1. The molecule has 4 aromatic rings. The third-order valence-electron chi connectivity index (χ3n) is 9.50. The van der Waals surface area contributed by atoms with Crippen LogP contribution in [0.25, 0.3) is 0 Å². The Morgan fingerprint density at radius 1 is 0.898 bits per heavy atom. The Hall–Kier alpha value is -5.04. The van der Waals surface area contributed by atoms with Crippen molar-refractivity contribution >= 4 is 54.6 Å². The Bertz CT molecular complexity index is 1900. The van der Waals surface area contributed by atoms with Gasteiger partial charge in [0.25, 0.3) is 17.7 Å². The van der Waals surface area contributed by atoms with Gasteiger partial charge in [0.15, 0.2) is 5.60 Å². The summed E-state index contributed by atoms with van der Waals surface area (Å²) in [5, 5.41) is 15.7. The molecule has 4 aromatic carbocycles. The van der Waals surface area contributed by atoms with Gasteiger partial charge in [0.05, 0.1) is 18.3 Å². The number of carbonyl (C=O) groups is 3. The highest BCUT2D eigenvalue weighted by molar-refractivity contribution is 6.72. The lowest BCUT2D eigenvalue weighted by Crippen LogP contribution is -2.45. The molecule has 1 spiro atoms. The van der Waals surface area contributed by atoms with E-state index in [1.54, 1.807) is 103 Å². The first-order valence-corrected chi connectivity index (χ1v) is 19.1. The van der Waals surface area contributed by atoms with Gasteiger partial charge in [-0.2, -0.15) is 0 Å². The molecule has 12 heteroatoms. The number of carbonyl (C=O) groups excluding carboxylic acids is 3. The average Bonchev–Trinajstić information content (AvgIpc) is 3.48. The van der Waals surface area contributed by atoms with Crippen molar-refractivity contribution in [3.63, 3.8) is 0 Å². The van der Waals surface area contributed by atoms with Crippen LogP contribution in [0.1, 0.15) is 45.2 Å². The van der Waals surface area contributed by atoms with Crippen molar-refractivity contribution in [1.82, 2.24) is 0 Å². The first-order chi connectivity index (χ1) is 23.3. The summed E-state index contributed by atoms with van der Waals surface area (Å²) in [6, 6.07) is 25.5. The third kappa shape index (κ3) is 6.42. The number of fused-ring (bicyclic) bond motifs is 2. The van der Waals surface area contributed by atoms with E-state index >= 15 is 4.11 Å². The number of ether oxygens (including phenoxy) is 1. The summed E-state index contributed by atoms with van der Waals surface area (Å²) in [6.07, 6.45) is -0.494. The Morgan fingerprint density at radius 2 is 1.47 bits per heavy atom. The molecule has 4 atom stereocenters. The summed E-state index contributed by atoms with van der Waals surface area (Å²) in [5.41, 5.74) is 14.2. The van der Waals surface area contributed by atoms with Gasteiger partial charge in [-0.25, -0.2) is 0 Å². The SMILES string of the molecule is C[C@@H]1[C@@H]([Si](C)(C)F)[C@H](CCO)O[C@@]12C(=O)N(Cc1cccc(NC(=O)c3ccc(N)cc3)c1)c1ccc(NC(=O)c3ccc(N)cc3)cc12. The van der Waals surface area contributed by atoms with Crippen LogP contribution < -0.4 is 27.0 Å². The molecule has 1 fully saturated rings. The molecular formula is C37H40FN5O5Si. The van der Waals surface area contributed by atoms with E-state index in [0.29, 0.717) is 45.1 Å². The highest BCUT2D eigenvalue weighted by Gasteiger charge is 2.66. The first kappa shape index (κ1) is 33.8. The van der Waals surface area contributed by atoms with Crippen molar-refractivity contribution in [2.45, 2.75) is 50.2 Å². The monoisotopic (exact) mass is 681 g/mol. The molecule has 49 heavy (non-hydrogen) atoms. The minimum Gasteiger partial charge on any atom is -0.399 e. The lowest BCUT2D eigenvalue weighted by molar-refractivity contribution is -0.146. The molecule has 254 valence electrons. The quantitative estimate of drug-likeness (QED) is 0.0816. The Labute approximate surface area is 285 Å². The van der Waals surface area contributed by atoms with Crippen molar-refractivity contribution in [2.75, 3.05) is 33.6 Å². The van der Waals surface area contributed by atoms with Gasteiger partial charge in [0.1, 0.15) is 0 Å². The second-order valence-corrected chi connectivity index (χ2v) is 17.1. The van der Waals surface area contributed by atoms with Crippen molar-refractivity contribution < 1.29 is 28.3 Å². The molecule has 1 saturated heterocycles. The maximum Gasteiger partial charge on any atom is 0.264 e. The summed E-state index contributed by atoms with van der Waals surface area (Å²) < 4.78 is 22.7. The molecule has 2 heterocycles. The van der Waals surface area contributed by atoms with E-state index in [9.17, 15) is 19.5 Å². The fraction of sp³-hybridized carbons (Fsp3) is 0.270. The maximum absolute atomic E-state index is 16.0. The Kier molecular flexibility index (Phi) is 9.05. The van der Waals surface area contributed by atoms with Gasteiger partial charge in [-0.1, -0.05) is 19.1 Å². The van der Waals surface area contributed by atoms with Gasteiger partial charge in [0.2, 0.25) is 8.41 Å². The number of aliphatic hydroxyl groups excluding tert-OH is 1. The number of hydrogen-bond donors (Lipinski definition) is 5. The van der Waals surface area contributed by atoms with Gasteiger partial charge >= 0.3 is 0 Å². The Morgan fingerprint density at radius 3 is 2.02 bits per heavy atom. The topological polar surface area (TPSA) is 160 Å². The van der Waals surface area contributed by atoms with Crippen LogP contribution >= 0.6 is 0 Å². The van der Waals surface area contributed by atoms with Crippen molar-refractivity contribution in [2.24, 2.45) is 5.92 Å². The van der Waals surface area contributed by atoms with Crippen LogP contribution in [0.3, 0.4) is 0 Å². The van der Waals surface area contributed by atoms with Crippen LogP contribution in [-0.4, -0.2) is 43.9 Å². The average molecular weight is 682 g/mol. The summed E-state index contributed by atoms with van der Waals surface area (Å²) in [7, 11) is -3.41. The van der Waals surface area contributed by atoms with Crippen LogP contribution in [0.15, 0.2) is 91.0 Å². The fourth-order valence-electron chi connectivity index (χ4n) is 7.28. The zero-order chi connectivity index (χ0) is 35.1. The number of nitrogens with two attached hydrogens (primary N) is 2. The molecule has 2 aliphatic heterocycles.